The number of aliphatic carboxylic acids is 1. The highest BCUT2D eigenvalue weighted by atomic mass is 32.1. The van der Waals surface area contributed by atoms with Crippen molar-refractivity contribution >= 4 is 17.3 Å². The van der Waals surface area contributed by atoms with E-state index >= 15 is 0 Å². The minimum Gasteiger partial charge on any atom is -0.481 e. The van der Waals surface area contributed by atoms with Crippen molar-refractivity contribution in [3.05, 3.63) is 16.6 Å². The summed E-state index contributed by atoms with van der Waals surface area (Å²) in [4.78, 5) is 18.1. The lowest BCUT2D eigenvalue weighted by molar-refractivity contribution is -0.151. The van der Waals surface area contributed by atoms with E-state index in [1.54, 1.807) is 11.3 Å². The molecule has 0 bridgehead atoms. The Morgan fingerprint density at radius 2 is 2.28 bits per heavy atom. The quantitative estimate of drug-likeness (QED) is 0.912. The van der Waals surface area contributed by atoms with Gasteiger partial charge in [-0.1, -0.05) is 13.8 Å². The number of aromatic nitrogens is 1. The van der Waals surface area contributed by atoms with Gasteiger partial charge in [0, 0.05) is 11.9 Å². The van der Waals surface area contributed by atoms with E-state index in [2.05, 4.69) is 16.8 Å². The number of carboxylic acid groups (broad SMARTS) is 1. The molecule has 1 aliphatic rings. The van der Waals surface area contributed by atoms with Gasteiger partial charge in [0.1, 0.15) is 0 Å². The summed E-state index contributed by atoms with van der Waals surface area (Å²) in [6.07, 6.45) is 0.731. The summed E-state index contributed by atoms with van der Waals surface area (Å²) in [5.41, 5.74) is 2.28. The van der Waals surface area contributed by atoms with Gasteiger partial charge < -0.3 is 5.11 Å². The Balaban J connectivity index is 2.14. The van der Waals surface area contributed by atoms with Gasteiger partial charge in [0.15, 0.2) is 0 Å². The molecule has 2 rings (SSSR count). The molecule has 1 fully saturated rings. The van der Waals surface area contributed by atoms with Crippen LogP contribution in [-0.4, -0.2) is 34.0 Å². The van der Waals surface area contributed by atoms with Crippen molar-refractivity contribution < 1.29 is 9.90 Å². The third-order valence-electron chi connectivity index (χ3n) is 4.29. The fraction of sp³-hybridized carbons (Fsp3) is 0.692. The molecule has 1 saturated heterocycles. The van der Waals surface area contributed by atoms with Crippen molar-refractivity contribution in [3.8, 4) is 0 Å². The van der Waals surface area contributed by atoms with Gasteiger partial charge in [0.05, 0.1) is 22.7 Å². The number of hydrogen-bond donors (Lipinski definition) is 1. The maximum absolute atomic E-state index is 11.6. The Kier molecular flexibility index (Phi) is 3.73. The maximum Gasteiger partial charge on any atom is 0.311 e. The molecule has 5 heteroatoms. The molecule has 0 saturated carbocycles. The van der Waals surface area contributed by atoms with Crippen LogP contribution in [0.4, 0.5) is 0 Å². The zero-order chi connectivity index (χ0) is 13.3. The zero-order valence-electron chi connectivity index (χ0n) is 11.1. The average Bonchev–Trinajstić information content (AvgIpc) is 2.98. The van der Waals surface area contributed by atoms with E-state index in [9.17, 15) is 9.90 Å². The topological polar surface area (TPSA) is 53.4 Å². The molecule has 100 valence electrons. The van der Waals surface area contributed by atoms with Crippen LogP contribution in [-0.2, 0) is 4.79 Å². The summed E-state index contributed by atoms with van der Waals surface area (Å²) in [5, 5.41) is 11.6. The van der Waals surface area contributed by atoms with Gasteiger partial charge >= 0.3 is 5.97 Å². The molecule has 18 heavy (non-hydrogen) atoms. The lowest BCUT2D eigenvalue weighted by Crippen LogP contribution is -2.39. The lowest BCUT2D eigenvalue weighted by Gasteiger charge is -2.30. The van der Waals surface area contributed by atoms with Gasteiger partial charge in [-0.25, -0.2) is 4.98 Å². The van der Waals surface area contributed by atoms with E-state index in [0.717, 1.165) is 18.7 Å². The molecule has 1 aromatic rings. The highest BCUT2D eigenvalue weighted by molar-refractivity contribution is 7.07. The second-order valence-corrected chi connectivity index (χ2v) is 6.14. The molecule has 2 unspecified atom stereocenters. The third-order valence-corrected chi connectivity index (χ3v) is 4.89. The van der Waals surface area contributed by atoms with E-state index in [1.807, 2.05) is 24.7 Å². The van der Waals surface area contributed by atoms with Gasteiger partial charge in [0.25, 0.3) is 0 Å². The Bertz CT molecular complexity index is 419. The van der Waals surface area contributed by atoms with Crippen LogP contribution in [0.25, 0.3) is 0 Å². The highest BCUT2D eigenvalue weighted by Crippen LogP contribution is 2.41. The smallest absolute Gasteiger partial charge is 0.311 e. The number of nitrogens with zero attached hydrogens (tertiary/aromatic N) is 2. The Labute approximate surface area is 112 Å². The number of carboxylic acids is 1. The number of likely N-dealkylation sites (tertiary alicyclic amines) is 1. The third kappa shape index (κ3) is 2.17. The van der Waals surface area contributed by atoms with Crippen LogP contribution in [0.2, 0.25) is 0 Å². The molecular formula is C13H20N2O2S. The number of carbonyl (C=O) groups is 1. The molecule has 2 atom stereocenters. The minimum atomic E-state index is -0.662. The first-order chi connectivity index (χ1) is 8.47. The molecule has 0 radical (unpaired) electrons. The molecule has 0 amide bonds. The molecule has 0 aliphatic carbocycles. The lowest BCUT2D eigenvalue weighted by atomic mass is 9.76. The van der Waals surface area contributed by atoms with Crippen molar-refractivity contribution in [3.63, 3.8) is 0 Å². The van der Waals surface area contributed by atoms with Gasteiger partial charge in [-0.3, -0.25) is 9.69 Å². The molecule has 4 nitrogen and oxygen atoms in total. The predicted octanol–water partition coefficient (Wildman–Crippen LogP) is 2.64. The van der Waals surface area contributed by atoms with Gasteiger partial charge in [-0.05, 0) is 25.8 Å². The van der Waals surface area contributed by atoms with Crippen LogP contribution in [0.15, 0.2) is 10.9 Å². The number of thiazole rings is 1. The summed E-state index contributed by atoms with van der Waals surface area (Å²) < 4.78 is 0. The van der Waals surface area contributed by atoms with Crippen LogP contribution in [0.1, 0.15) is 38.9 Å². The van der Waals surface area contributed by atoms with E-state index in [-0.39, 0.29) is 12.0 Å². The van der Waals surface area contributed by atoms with Crippen molar-refractivity contribution in [2.45, 2.75) is 33.2 Å². The van der Waals surface area contributed by atoms with Gasteiger partial charge in [-0.15, -0.1) is 11.3 Å². The predicted molar refractivity (Wildman–Crippen MR) is 71.6 cm³/mol. The van der Waals surface area contributed by atoms with Gasteiger partial charge in [-0.2, -0.15) is 0 Å². The first kappa shape index (κ1) is 13.5. The summed E-state index contributed by atoms with van der Waals surface area (Å²) in [7, 11) is 0. The van der Waals surface area contributed by atoms with Crippen LogP contribution in [0, 0.1) is 11.3 Å². The molecule has 2 heterocycles. The Morgan fingerprint density at radius 1 is 1.56 bits per heavy atom. The first-order valence-electron chi connectivity index (χ1n) is 6.33. The molecule has 1 aromatic heterocycles. The largest absolute Gasteiger partial charge is 0.481 e. The molecular weight excluding hydrogens is 248 g/mol. The van der Waals surface area contributed by atoms with Crippen LogP contribution in [0.3, 0.4) is 0 Å². The molecule has 0 aromatic carbocycles. The van der Waals surface area contributed by atoms with E-state index in [0.29, 0.717) is 6.54 Å². The van der Waals surface area contributed by atoms with Crippen molar-refractivity contribution in [1.29, 1.82) is 0 Å². The maximum atomic E-state index is 11.6. The Hall–Kier alpha value is -0.940. The second kappa shape index (κ2) is 4.97. The van der Waals surface area contributed by atoms with Crippen molar-refractivity contribution in [1.82, 2.24) is 9.88 Å². The van der Waals surface area contributed by atoms with E-state index < -0.39 is 11.4 Å². The highest BCUT2D eigenvalue weighted by Gasteiger charge is 2.48. The standard InChI is InChI=1S/C13H20N2O2S/c1-9(2)13(12(16)17)4-5-15(7-13)10(3)11-6-18-8-14-11/h6,8-10H,4-5,7H2,1-3H3,(H,16,17). The molecule has 1 aliphatic heterocycles. The second-order valence-electron chi connectivity index (χ2n) is 5.43. The summed E-state index contributed by atoms with van der Waals surface area (Å²) in [6, 6.07) is 0.205. The monoisotopic (exact) mass is 268 g/mol. The van der Waals surface area contributed by atoms with Crippen LogP contribution < -0.4 is 0 Å². The van der Waals surface area contributed by atoms with Crippen molar-refractivity contribution in [2.75, 3.05) is 13.1 Å². The van der Waals surface area contributed by atoms with Crippen LogP contribution in [0.5, 0.6) is 0 Å². The summed E-state index contributed by atoms with van der Waals surface area (Å²) in [5.74, 6) is -0.506. The zero-order valence-corrected chi connectivity index (χ0v) is 11.9. The Morgan fingerprint density at radius 3 is 2.72 bits per heavy atom. The molecule has 1 N–H and O–H groups in total. The average molecular weight is 268 g/mol. The normalized spacial score (nSPS) is 26.7. The summed E-state index contributed by atoms with van der Waals surface area (Å²) in [6.45, 7) is 7.57. The minimum absolute atomic E-state index is 0.155. The van der Waals surface area contributed by atoms with E-state index in [1.165, 1.54) is 0 Å². The SMILES string of the molecule is CC(c1cscn1)N1CCC(C(=O)O)(C(C)C)C1. The number of rotatable bonds is 4. The molecule has 0 spiro atoms. The summed E-state index contributed by atoms with van der Waals surface area (Å²) >= 11 is 1.59. The number of hydrogen-bond acceptors (Lipinski definition) is 4. The van der Waals surface area contributed by atoms with Crippen LogP contribution >= 0.6 is 11.3 Å². The fourth-order valence-corrected chi connectivity index (χ4v) is 3.34. The first-order valence-corrected chi connectivity index (χ1v) is 7.27. The van der Waals surface area contributed by atoms with Gasteiger partial charge in [0.2, 0.25) is 0 Å². The fourth-order valence-electron chi connectivity index (χ4n) is 2.70. The van der Waals surface area contributed by atoms with Crippen molar-refractivity contribution in [2.24, 2.45) is 11.3 Å². The van der Waals surface area contributed by atoms with E-state index in [4.69, 9.17) is 0 Å².